The number of carbonyl (C=O) groups is 1. The Kier molecular flexibility index (Phi) is 6.28. The molecular weight excluding hydrogens is 395 g/mol. The fourth-order valence-corrected chi connectivity index (χ4v) is 4.28. The van der Waals surface area contributed by atoms with E-state index in [9.17, 15) is 4.79 Å². The molecule has 4 N–H and O–H groups in total. The minimum absolute atomic E-state index is 0. The molecule has 0 bridgehead atoms. The number of halogens is 2. The minimum atomic E-state index is -0.0555. The Morgan fingerprint density at radius 2 is 2.04 bits per heavy atom. The van der Waals surface area contributed by atoms with Crippen LogP contribution in [0.25, 0.3) is 11.0 Å². The second kappa shape index (κ2) is 8.52. The SMILES string of the molecule is Cl.NC[C@]1(c2cccc(Cl)c2)CC[C@@H](NC(=O)c2ccc3[nH]cnc3c2)CC1. The number of nitrogens with zero attached hydrogens (tertiary/aromatic N) is 1. The second-order valence-electron chi connectivity index (χ2n) is 7.38. The van der Waals surface area contributed by atoms with E-state index in [-0.39, 0.29) is 29.8 Å². The number of carbonyl (C=O) groups excluding carboxylic acids is 1. The predicted octanol–water partition coefficient (Wildman–Crippen LogP) is 4.21. The number of hydrogen-bond acceptors (Lipinski definition) is 3. The van der Waals surface area contributed by atoms with E-state index in [1.807, 2.05) is 36.4 Å². The van der Waals surface area contributed by atoms with Gasteiger partial charge in [0.1, 0.15) is 0 Å². The lowest BCUT2D eigenvalue weighted by molar-refractivity contribution is 0.0918. The van der Waals surface area contributed by atoms with Crippen molar-refractivity contribution in [3.05, 3.63) is 64.9 Å². The number of benzene rings is 2. The number of fused-ring (bicyclic) bond motifs is 1. The van der Waals surface area contributed by atoms with Crippen molar-refractivity contribution in [2.45, 2.75) is 37.1 Å². The summed E-state index contributed by atoms with van der Waals surface area (Å²) in [5.41, 5.74) is 9.67. The third-order valence-corrected chi connectivity index (χ3v) is 6.02. The van der Waals surface area contributed by atoms with Crippen LogP contribution < -0.4 is 11.1 Å². The number of aromatic nitrogens is 2. The summed E-state index contributed by atoms with van der Waals surface area (Å²) in [6.07, 6.45) is 5.32. The Hall–Kier alpha value is -2.08. The van der Waals surface area contributed by atoms with Gasteiger partial charge in [0.05, 0.1) is 17.4 Å². The zero-order valence-electron chi connectivity index (χ0n) is 15.5. The van der Waals surface area contributed by atoms with Crippen LogP contribution in [-0.4, -0.2) is 28.5 Å². The van der Waals surface area contributed by atoms with Gasteiger partial charge in [0.15, 0.2) is 0 Å². The van der Waals surface area contributed by atoms with E-state index in [1.165, 1.54) is 5.56 Å². The van der Waals surface area contributed by atoms with Crippen molar-refractivity contribution in [3.63, 3.8) is 0 Å². The zero-order chi connectivity index (χ0) is 18.9. The van der Waals surface area contributed by atoms with Gasteiger partial charge in [-0.2, -0.15) is 0 Å². The summed E-state index contributed by atoms with van der Waals surface area (Å²) in [5, 5.41) is 3.91. The highest BCUT2D eigenvalue weighted by molar-refractivity contribution is 6.30. The molecule has 7 heteroatoms. The fourth-order valence-electron chi connectivity index (χ4n) is 4.09. The molecule has 1 heterocycles. The van der Waals surface area contributed by atoms with E-state index in [0.717, 1.165) is 41.7 Å². The molecule has 0 aliphatic heterocycles. The summed E-state index contributed by atoms with van der Waals surface area (Å²) >= 11 is 6.18. The summed E-state index contributed by atoms with van der Waals surface area (Å²) in [6, 6.07) is 13.7. The van der Waals surface area contributed by atoms with Gasteiger partial charge in [-0.1, -0.05) is 23.7 Å². The van der Waals surface area contributed by atoms with Gasteiger partial charge in [-0.3, -0.25) is 4.79 Å². The van der Waals surface area contributed by atoms with Crippen molar-refractivity contribution in [2.24, 2.45) is 5.73 Å². The Balaban J connectivity index is 0.00000225. The molecule has 0 atom stereocenters. The van der Waals surface area contributed by atoms with Gasteiger partial charge in [0.2, 0.25) is 0 Å². The van der Waals surface area contributed by atoms with E-state index in [0.29, 0.717) is 12.1 Å². The number of hydrogen-bond donors (Lipinski definition) is 3. The molecule has 0 radical (unpaired) electrons. The summed E-state index contributed by atoms with van der Waals surface area (Å²) < 4.78 is 0. The third-order valence-electron chi connectivity index (χ3n) is 5.79. The molecule has 2 aromatic carbocycles. The molecule has 1 aliphatic rings. The Morgan fingerprint density at radius 1 is 1.25 bits per heavy atom. The van der Waals surface area contributed by atoms with Crippen molar-refractivity contribution in [2.75, 3.05) is 6.54 Å². The molecule has 1 aliphatic carbocycles. The van der Waals surface area contributed by atoms with E-state index < -0.39 is 0 Å². The summed E-state index contributed by atoms with van der Waals surface area (Å²) in [4.78, 5) is 19.9. The average Bonchev–Trinajstić information content (AvgIpc) is 3.16. The van der Waals surface area contributed by atoms with Crippen LogP contribution in [0.5, 0.6) is 0 Å². The highest BCUT2D eigenvalue weighted by atomic mass is 35.5. The third kappa shape index (κ3) is 4.02. The van der Waals surface area contributed by atoms with Crippen LogP contribution in [0.2, 0.25) is 5.02 Å². The molecule has 0 saturated heterocycles. The van der Waals surface area contributed by atoms with Gasteiger partial charge in [0.25, 0.3) is 5.91 Å². The fraction of sp³-hybridized carbons (Fsp3) is 0.333. The number of nitrogens with two attached hydrogens (primary N) is 1. The Labute approximate surface area is 175 Å². The first-order valence-electron chi connectivity index (χ1n) is 9.30. The first kappa shape index (κ1) is 20.6. The van der Waals surface area contributed by atoms with Gasteiger partial charge >= 0.3 is 0 Å². The van der Waals surface area contributed by atoms with E-state index in [4.69, 9.17) is 17.3 Å². The van der Waals surface area contributed by atoms with Crippen molar-refractivity contribution < 1.29 is 4.79 Å². The summed E-state index contributed by atoms with van der Waals surface area (Å²) in [7, 11) is 0. The highest BCUT2D eigenvalue weighted by Gasteiger charge is 2.36. The van der Waals surface area contributed by atoms with Crippen LogP contribution in [-0.2, 0) is 5.41 Å². The Morgan fingerprint density at radius 3 is 2.75 bits per heavy atom. The van der Waals surface area contributed by atoms with Crippen molar-refractivity contribution >= 4 is 40.9 Å². The molecule has 148 valence electrons. The van der Waals surface area contributed by atoms with E-state index >= 15 is 0 Å². The number of amides is 1. The van der Waals surface area contributed by atoms with Gasteiger partial charge in [-0.15, -0.1) is 12.4 Å². The van der Waals surface area contributed by atoms with Crippen LogP contribution >= 0.6 is 24.0 Å². The normalized spacial score (nSPS) is 21.9. The van der Waals surface area contributed by atoms with Crippen LogP contribution in [0.3, 0.4) is 0 Å². The molecule has 0 unspecified atom stereocenters. The van der Waals surface area contributed by atoms with Crippen LogP contribution in [0, 0.1) is 0 Å². The van der Waals surface area contributed by atoms with Gasteiger partial charge in [-0.25, -0.2) is 4.98 Å². The molecular formula is C21H24Cl2N4O. The molecule has 28 heavy (non-hydrogen) atoms. The lowest BCUT2D eigenvalue weighted by atomic mass is 9.68. The first-order chi connectivity index (χ1) is 13.1. The molecule has 1 amide bonds. The molecule has 4 rings (SSSR count). The van der Waals surface area contributed by atoms with Gasteiger partial charge in [-0.05, 0) is 61.6 Å². The zero-order valence-corrected chi connectivity index (χ0v) is 17.0. The highest BCUT2D eigenvalue weighted by Crippen LogP contribution is 2.39. The molecule has 5 nitrogen and oxygen atoms in total. The monoisotopic (exact) mass is 418 g/mol. The van der Waals surface area contributed by atoms with Crippen LogP contribution in [0.15, 0.2) is 48.8 Å². The van der Waals surface area contributed by atoms with Gasteiger partial charge < -0.3 is 16.0 Å². The lowest BCUT2D eigenvalue weighted by Gasteiger charge is -2.40. The first-order valence-corrected chi connectivity index (χ1v) is 9.68. The minimum Gasteiger partial charge on any atom is -0.349 e. The van der Waals surface area contributed by atoms with Crippen LogP contribution in [0.1, 0.15) is 41.6 Å². The maximum Gasteiger partial charge on any atom is 0.251 e. The predicted molar refractivity (Wildman–Crippen MR) is 115 cm³/mol. The molecule has 3 aromatic rings. The average molecular weight is 419 g/mol. The molecule has 1 fully saturated rings. The second-order valence-corrected chi connectivity index (χ2v) is 7.81. The maximum absolute atomic E-state index is 12.6. The number of H-pyrrole nitrogens is 1. The Bertz CT molecular complexity index is 964. The van der Waals surface area contributed by atoms with Gasteiger partial charge in [0, 0.05) is 28.6 Å². The van der Waals surface area contributed by atoms with Crippen molar-refractivity contribution in [1.29, 1.82) is 0 Å². The van der Waals surface area contributed by atoms with Crippen molar-refractivity contribution in [3.8, 4) is 0 Å². The molecule has 1 saturated carbocycles. The molecule has 0 spiro atoms. The van der Waals surface area contributed by atoms with Crippen molar-refractivity contribution in [1.82, 2.24) is 15.3 Å². The van der Waals surface area contributed by atoms with Crippen LogP contribution in [0.4, 0.5) is 0 Å². The summed E-state index contributed by atoms with van der Waals surface area (Å²) in [5.74, 6) is -0.0482. The number of aromatic amines is 1. The number of rotatable bonds is 4. The quantitative estimate of drug-likeness (QED) is 0.593. The maximum atomic E-state index is 12.6. The largest absolute Gasteiger partial charge is 0.349 e. The molecule has 1 aromatic heterocycles. The van der Waals surface area contributed by atoms with E-state index in [2.05, 4.69) is 21.4 Å². The smallest absolute Gasteiger partial charge is 0.251 e. The number of imidazole rings is 1. The van der Waals surface area contributed by atoms with E-state index in [1.54, 1.807) is 6.33 Å². The number of nitrogens with one attached hydrogen (secondary N) is 2. The lowest BCUT2D eigenvalue weighted by Crippen LogP contribution is -2.45. The topological polar surface area (TPSA) is 83.8 Å². The standard InChI is InChI=1S/C21H23ClN4O.ClH/c22-16-3-1-2-15(11-16)21(12-23)8-6-17(7-9-21)26-20(27)14-4-5-18-19(10-14)25-13-24-18;/h1-5,10-11,13,17H,6-9,12,23H2,(H,24,25)(H,26,27);1H/t17-,21+;. The summed E-state index contributed by atoms with van der Waals surface area (Å²) in [6.45, 7) is 0.587.